The molecule has 0 aromatic heterocycles. The summed E-state index contributed by atoms with van der Waals surface area (Å²) in [6.45, 7) is 4.91. The van der Waals surface area contributed by atoms with Crippen LogP contribution in [0.25, 0.3) is 6.08 Å². The number of unbranched alkanes of at least 4 members (excludes halogenated alkanes) is 2. The van der Waals surface area contributed by atoms with Crippen molar-refractivity contribution in [3.8, 4) is 0 Å². The Labute approximate surface area is 285 Å². The van der Waals surface area contributed by atoms with Gasteiger partial charge in [-0.05, 0) is 75.8 Å². The molecule has 0 bridgehead atoms. The SMILES string of the molecule is CCCC[C@H](NC(=O)[C@H](CCCCN)NC(=O)[C@H](CCCN=C(N)N)NC(=O)c1ccc(/C=C2\SC(=S)N(CC)C2=O)cc1)C(N)=O. The zero-order valence-corrected chi connectivity index (χ0v) is 28.6. The molecule has 0 spiro atoms. The Hall–Kier alpha value is -4.02. The van der Waals surface area contributed by atoms with Crippen LogP contribution in [-0.4, -0.2) is 82.5 Å². The molecule has 1 heterocycles. The Kier molecular flexibility index (Phi) is 16.9. The minimum absolute atomic E-state index is 0.101. The fraction of sp³-hybridized carbons (Fsp3) is 0.516. The van der Waals surface area contributed by atoms with Gasteiger partial charge >= 0.3 is 0 Å². The summed E-state index contributed by atoms with van der Waals surface area (Å²) in [5.41, 5.74) is 23.0. The third-order valence-electron chi connectivity index (χ3n) is 7.31. The van der Waals surface area contributed by atoms with Gasteiger partial charge in [0.05, 0.1) is 4.91 Å². The van der Waals surface area contributed by atoms with Crippen LogP contribution >= 0.6 is 24.0 Å². The van der Waals surface area contributed by atoms with Crippen molar-refractivity contribution in [1.82, 2.24) is 20.9 Å². The van der Waals surface area contributed by atoms with Crippen LogP contribution in [-0.2, 0) is 19.2 Å². The van der Waals surface area contributed by atoms with Crippen LogP contribution in [0.1, 0.15) is 81.1 Å². The Morgan fingerprint density at radius 1 is 0.894 bits per heavy atom. The molecule has 1 aromatic carbocycles. The maximum absolute atomic E-state index is 13.6. The van der Waals surface area contributed by atoms with E-state index >= 15 is 0 Å². The molecule has 0 aliphatic carbocycles. The first kappa shape index (κ1) is 39.2. The molecule has 5 amide bonds. The van der Waals surface area contributed by atoms with E-state index in [1.54, 1.807) is 30.3 Å². The molecule has 0 radical (unpaired) electrons. The molecule has 0 unspecified atom stereocenters. The number of carbonyl (C=O) groups excluding carboxylic acids is 5. The fourth-order valence-corrected chi connectivity index (χ4v) is 6.05. The van der Waals surface area contributed by atoms with E-state index in [1.807, 2.05) is 13.8 Å². The standard InChI is InChI=1S/C31H47N9O5S2/c1-3-5-9-21(25(33)41)37-27(43)22(10-6-7-16-32)39-28(44)23(11-8-17-36-30(34)35)38-26(42)20-14-12-19(13-15-20)18-24-29(45)40(4-2)31(46)47-24/h12-15,18,21-23H,3-11,16-17,32H2,1-2H3,(H2,33,41)(H,37,43)(H,38,42)(H,39,44)(H4,34,35,36)/b24-18-/t21-,22-,23-/m0/s1. The van der Waals surface area contributed by atoms with Crippen LogP contribution in [0.4, 0.5) is 0 Å². The normalized spacial score (nSPS) is 15.6. The highest BCUT2D eigenvalue weighted by Crippen LogP contribution is 2.32. The highest BCUT2D eigenvalue weighted by atomic mass is 32.2. The molecule has 2 rings (SSSR count). The van der Waals surface area contributed by atoms with Gasteiger partial charge < -0.3 is 38.9 Å². The van der Waals surface area contributed by atoms with Gasteiger partial charge in [-0.25, -0.2) is 0 Å². The minimum atomic E-state index is -1.04. The lowest BCUT2D eigenvalue weighted by Gasteiger charge is -2.25. The molecule has 1 saturated heterocycles. The van der Waals surface area contributed by atoms with E-state index in [0.29, 0.717) is 60.0 Å². The minimum Gasteiger partial charge on any atom is -0.370 e. The summed E-state index contributed by atoms with van der Waals surface area (Å²) in [7, 11) is 0. The number of aliphatic imine (C=N–C) groups is 1. The van der Waals surface area contributed by atoms with Crippen molar-refractivity contribution in [2.24, 2.45) is 27.9 Å². The predicted molar refractivity (Wildman–Crippen MR) is 189 cm³/mol. The molecule has 1 fully saturated rings. The number of nitrogens with one attached hydrogen (secondary N) is 3. The monoisotopic (exact) mass is 689 g/mol. The first-order valence-corrected chi connectivity index (χ1v) is 17.0. The van der Waals surface area contributed by atoms with Gasteiger partial charge in [0.1, 0.15) is 22.4 Å². The van der Waals surface area contributed by atoms with Crippen molar-refractivity contribution in [3.05, 3.63) is 40.3 Å². The molecule has 258 valence electrons. The van der Waals surface area contributed by atoms with Gasteiger partial charge in [0.2, 0.25) is 17.7 Å². The number of guanidine groups is 1. The summed E-state index contributed by atoms with van der Waals surface area (Å²) in [6.07, 6.45) is 5.53. The number of thioether (sulfide) groups is 1. The third-order valence-corrected chi connectivity index (χ3v) is 8.69. The summed E-state index contributed by atoms with van der Waals surface area (Å²) in [4.78, 5) is 70.6. The fourth-order valence-electron chi connectivity index (χ4n) is 4.67. The number of hydrogen-bond acceptors (Lipinski definition) is 9. The van der Waals surface area contributed by atoms with Crippen LogP contribution in [0.2, 0.25) is 0 Å². The van der Waals surface area contributed by atoms with E-state index in [9.17, 15) is 24.0 Å². The molecule has 14 nitrogen and oxygen atoms in total. The number of benzene rings is 1. The van der Waals surface area contributed by atoms with Gasteiger partial charge in [-0.3, -0.25) is 33.9 Å². The lowest BCUT2D eigenvalue weighted by Crippen LogP contribution is -2.56. The topological polar surface area (TPSA) is 241 Å². The Morgan fingerprint density at radius 2 is 1.49 bits per heavy atom. The number of carbonyl (C=O) groups is 5. The number of nitrogens with zero attached hydrogens (tertiary/aromatic N) is 2. The summed E-state index contributed by atoms with van der Waals surface area (Å²) >= 11 is 6.48. The second-order valence-electron chi connectivity index (χ2n) is 11.0. The zero-order chi connectivity index (χ0) is 34.9. The first-order chi connectivity index (χ1) is 22.4. The van der Waals surface area contributed by atoms with Crippen LogP contribution in [0, 0.1) is 0 Å². The van der Waals surface area contributed by atoms with E-state index < -0.39 is 41.8 Å². The van der Waals surface area contributed by atoms with Crippen molar-refractivity contribution >= 4 is 69.9 Å². The van der Waals surface area contributed by atoms with Gasteiger partial charge in [-0.15, -0.1) is 0 Å². The Balaban J connectivity index is 2.22. The van der Waals surface area contributed by atoms with Gasteiger partial charge in [0.25, 0.3) is 11.8 Å². The average Bonchev–Trinajstić information content (AvgIpc) is 3.30. The van der Waals surface area contributed by atoms with E-state index in [2.05, 4.69) is 20.9 Å². The smallest absolute Gasteiger partial charge is 0.266 e. The van der Waals surface area contributed by atoms with E-state index in [0.717, 1.165) is 6.42 Å². The van der Waals surface area contributed by atoms with E-state index in [-0.39, 0.29) is 36.8 Å². The van der Waals surface area contributed by atoms with Gasteiger partial charge in [0, 0.05) is 18.7 Å². The maximum Gasteiger partial charge on any atom is 0.266 e. The largest absolute Gasteiger partial charge is 0.370 e. The molecule has 11 N–H and O–H groups in total. The van der Waals surface area contributed by atoms with E-state index in [4.69, 9.17) is 35.2 Å². The molecule has 16 heteroatoms. The highest BCUT2D eigenvalue weighted by Gasteiger charge is 2.31. The van der Waals surface area contributed by atoms with Crippen LogP contribution in [0.5, 0.6) is 0 Å². The summed E-state index contributed by atoms with van der Waals surface area (Å²) in [5.74, 6) is -2.59. The summed E-state index contributed by atoms with van der Waals surface area (Å²) in [6, 6.07) is 3.63. The number of primary amides is 1. The number of hydrogen-bond donors (Lipinski definition) is 7. The summed E-state index contributed by atoms with van der Waals surface area (Å²) < 4.78 is 0.493. The van der Waals surface area contributed by atoms with Gasteiger partial charge in [-0.1, -0.05) is 55.9 Å². The highest BCUT2D eigenvalue weighted by molar-refractivity contribution is 8.26. The zero-order valence-electron chi connectivity index (χ0n) is 27.0. The first-order valence-electron chi connectivity index (χ1n) is 15.7. The van der Waals surface area contributed by atoms with Crippen molar-refractivity contribution in [1.29, 1.82) is 0 Å². The maximum atomic E-state index is 13.6. The predicted octanol–water partition coefficient (Wildman–Crippen LogP) is 0.834. The van der Waals surface area contributed by atoms with Crippen LogP contribution in [0.15, 0.2) is 34.2 Å². The number of likely N-dealkylation sites (N-methyl/N-ethyl adjacent to an activating group) is 1. The molecule has 47 heavy (non-hydrogen) atoms. The Bertz CT molecular complexity index is 1330. The molecule has 1 aliphatic rings. The number of amides is 5. The Morgan fingerprint density at radius 3 is 2.04 bits per heavy atom. The average molecular weight is 690 g/mol. The number of rotatable bonds is 20. The lowest BCUT2D eigenvalue weighted by molar-refractivity contribution is -0.132. The molecular weight excluding hydrogens is 643 g/mol. The van der Waals surface area contributed by atoms with Crippen molar-refractivity contribution in [2.45, 2.75) is 83.3 Å². The quantitative estimate of drug-likeness (QED) is 0.0334. The second kappa shape index (κ2) is 20.3. The van der Waals surface area contributed by atoms with Crippen molar-refractivity contribution < 1.29 is 24.0 Å². The van der Waals surface area contributed by atoms with Crippen LogP contribution < -0.4 is 38.9 Å². The van der Waals surface area contributed by atoms with Crippen molar-refractivity contribution in [2.75, 3.05) is 19.6 Å². The second-order valence-corrected chi connectivity index (χ2v) is 12.7. The molecule has 1 aliphatic heterocycles. The number of nitrogens with two attached hydrogens (primary N) is 4. The van der Waals surface area contributed by atoms with Gasteiger partial charge in [0.15, 0.2) is 5.96 Å². The van der Waals surface area contributed by atoms with Crippen LogP contribution in [0.3, 0.4) is 0 Å². The van der Waals surface area contributed by atoms with Gasteiger partial charge in [-0.2, -0.15) is 0 Å². The molecule has 0 saturated carbocycles. The number of thiocarbonyl (C=S) groups is 1. The molecule has 1 aromatic rings. The lowest BCUT2D eigenvalue weighted by atomic mass is 10.0. The molecular formula is C31H47N9O5S2. The molecule has 3 atom stereocenters. The van der Waals surface area contributed by atoms with Crippen molar-refractivity contribution in [3.63, 3.8) is 0 Å². The third kappa shape index (κ3) is 13.0. The van der Waals surface area contributed by atoms with E-state index in [1.165, 1.54) is 16.7 Å². The summed E-state index contributed by atoms with van der Waals surface area (Å²) in [5, 5.41) is 8.17.